The highest BCUT2D eigenvalue weighted by atomic mass is 35.5. The van der Waals surface area contributed by atoms with Crippen molar-refractivity contribution in [3.8, 4) is 0 Å². The Kier molecular flexibility index (Phi) is 4.89. The highest BCUT2D eigenvalue weighted by Crippen LogP contribution is 2.30. The van der Waals surface area contributed by atoms with Crippen molar-refractivity contribution in [2.24, 2.45) is 0 Å². The summed E-state index contributed by atoms with van der Waals surface area (Å²) in [6.45, 7) is 7.69. The number of nitrogens with zero attached hydrogens (tertiary/aromatic N) is 7. The SMILES string of the molecule is CC(C)(C)c1nc(N2CCC(O)C2)c2nnn(Cc3nccc(Cl)c3Cl)c2n1. The third-order valence-corrected chi connectivity index (χ3v) is 5.53. The first-order valence-electron chi connectivity index (χ1n) is 9.07. The van der Waals surface area contributed by atoms with Crippen molar-refractivity contribution in [2.45, 2.75) is 45.3 Å². The van der Waals surface area contributed by atoms with Crippen molar-refractivity contribution in [1.29, 1.82) is 0 Å². The summed E-state index contributed by atoms with van der Waals surface area (Å²) in [5, 5.41) is 19.4. The van der Waals surface area contributed by atoms with Gasteiger partial charge in [-0.2, -0.15) is 0 Å². The van der Waals surface area contributed by atoms with Gasteiger partial charge in [0.05, 0.1) is 28.4 Å². The zero-order valence-electron chi connectivity index (χ0n) is 15.9. The molecule has 0 aromatic carbocycles. The van der Waals surface area contributed by atoms with Gasteiger partial charge >= 0.3 is 0 Å². The fourth-order valence-corrected chi connectivity index (χ4v) is 3.49. The molecule has 1 N–H and O–H groups in total. The van der Waals surface area contributed by atoms with E-state index in [1.165, 1.54) is 0 Å². The van der Waals surface area contributed by atoms with Crippen LogP contribution in [0.15, 0.2) is 12.3 Å². The minimum Gasteiger partial charge on any atom is -0.391 e. The van der Waals surface area contributed by atoms with E-state index >= 15 is 0 Å². The number of aliphatic hydroxyl groups excluding tert-OH is 1. The predicted molar refractivity (Wildman–Crippen MR) is 108 cm³/mol. The summed E-state index contributed by atoms with van der Waals surface area (Å²) in [7, 11) is 0. The number of pyridine rings is 1. The zero-order chi connectivity index (χ0) is 20.1. The van der Waals surface area contributed by atoms with Crippen molar-refractivity contribution in [3.63, 3.8) is 0 Å². The van der Waals surface area contributed by atoms with E-state index in [0.717, 1.165) is 0 Å². The van der Waals surface area contributed by atoms with E-state index in [4.69, 9.17) is 33.2 Å². The molecule has 8 nitrogen and oxygen atoms in total. The molecule has 4 heterocycles. The number of rotatable bonds is 3. The molecule has 0 radical (unpaired) electrons. The average molecular weight is 422 g/mol. The van der Waals surface area contributed by atoms with Crippen LogP contribution in [0.1, 0.15) is 38.7 Å². The van der Waals surface area contributed by atoms with Gasteiger partial charge in [0.15, 0.2) is 17.0 Å². The first-order valence-corrected chi connectivity index (χ1v) is 9.83. The van der Waals surface area contributed by atoms with E-state index in [0.29, 0.717) is 64.6 Å². The summed E-state index contributed by atoms with van der Waals surface area (Å²) < 4.78 is 1.66. The van der Waals surface area contributed by atoms with E-state index in [2.05, 4.69) is 36.1 Å². The molecular formula is C18H21Cl2N7O. The first kappa shape index (κ1) is 19.3. The smallest absolute Gasteiger partial charge is 0.184 e. The maximum atomic E-state index is 9.96. The Labute approximate surface area is 172 Å². The van der Waals surface area contributed by atoms with Crippen molar-refractivity contribution < 1.29 is 5.11 Å². The molecular weight excluding hydrogens is 401 g/mol. The molecule has 0 spiro atoms. The topological polar surface area (TPSA) is 92.8 Å². The molecule has 1 atom stereocenters. The lowest BCUT2D eigenvalue weighted by Gasteiger charge is -2.21. The van der Waals surface area contributed by atoms with Gasteiger partial charge in [0, 0.05) is 24.7 Å². The Morgan fingerprint density at radius 1 is 1.25 bits per heavy atom. The van der Waals surface area contributed by atoms with Gasteiger partial charge in [-0.15, -0.1) is 5.10 Å². The van der Waals surface area contributed by atoms with Gasteiger partial charge in [-0.1, -0.05) is 49.2 Å². The van der Waals surface area contributed by atoms with Gasteiger partial charge in [-0.05, 0) is 12.5 Å². The van der Waals surface area contributed by atoms with Crippen LogP contribution in [-0.4, -0.2) is 54.2 Å². The van der Waals surface area contributed by atoms with Gasteiger partial charge in [-0.3, -0.25) is 4.98 Å². The summed E-state index contributed by atoms with van der Waals surface area (Å²) in [5.74, 6) is 1.38. The van der Waals surface area contributed by atoms with Crippen molar-refractivity contribution >= 4 is 40.2 Å². The summed E-state index contributed by atoms with van der Waals surface area (Å²) in [6.07, 6.45) is 1.94. The quantitative estimate of drug-likeness (QED) is 0.694. The second-order valence-corrected chi connectivity index (χ2v) is 8.77. The molecule has 0 amide bonds. The Balaban J connectivity index is 1.84. The predicted octanol–water partition coefficient (Wildman–Crippen LogP) is 2.84. The molecule has 1 fully saturated rings. The van der Waals surface area contributed by atoms with E-state index in [1.54, 1.807) is 16.9 Å². The molecule has 10 heteroatoms. The molecule has 1 aliphatic rings. The maximum Gasteiger partial charge on any atom is 0.184 e. The number of hydrogen-bond donors (Lipinski definition) is 1. The monoisotopic (exact) mass is 421 g/mol. The zero-order valence-corrected chi connectivity index (χ0v) is 17.4. The van der Waals surface area contributed by atoms with Crippen molar-refractivity contribution in [2.75, 3.05) is 18.0 Å². The van der Waals surface area contributed by atoms with E-state index in [1.807, 2.05) is 4.90 Å². The third-order valence-electron chi connectivity index (χ3n) is 4.69. The van der Waals surface area contributed by atoms with Crippen LogP contribution in [0.4, 0.5) is 5.82 Å². The number of aliphatic hydroxyl groups is 1. The second kappa shape index (κ2) is 7.09. The normalized spacial score (nSPS) is 17.6. The van der Waals surface area contributed by atoms with Crippen LogP contribution in [0.3, 0.4) is 0 Å². The highest BCUT2D eigenvalue weighted by Gasteiger charge is 2.29. The van der Waals surface area contributed by atoms with E-state index < -0.39 is 0 Å². The molecule has 0 bridgehead atoms. The van der Waals surface area contributed by atoms with Crippen LogP contribution >= 0.6 is 23.2 Å². The van der Waals surface area contributed by atoms with Gasteiger partial charge in [0.2, 0.25) is 0 Å². The molecule has 3 aromatic rings. The standard InChI is InChI=1S/C18H21Cl2N7O/c1-18(2,3)17-22-15(26-7-5-10(28)8-26)14-16(23-17)27(25-24-14)9-12-13(20)11(19)4-6-21-12/h4,6,10,28H,5,7-9H2,1-3H3. The number of β-amino-alcohol motifs (C(OH)–C–C–N with tert-alkyl or cyclic N) is 1. The minimum absolute atomic E-state index is 0.262. The van der Waals surface area contributed by atoms with Crippen molar-refractivity contribution in [3.05, 3.63) is 33.8 Å². The molecule has 4 rings (SSSR count). The number of fused-ring (bicyclic) bond motifs is 1. The van der Waals surface area contributed by atoms with Gasteiger partial charge < -0.3 is 10.0 Å². The number of aromatic nitrogens is 6. The largest absolute Gasteiger partial charge is 0.391 e. The lowest BCUT2D eigenvalue weighted by molar-refractivity contribution is 0.198. The summed E-state index contributed by atoms with van der Waals surface area (Å²) in [5.41, 5.74) is 1.53. The lowest BCUT2D eigenvalue weighted by atomic mass is 9.96. The fourth-order valence-electron chi connectivity index (χ4n) is 3.15. The molecule has 1 aliphatic heterocycles. The highest BCUT2D eigenvalue weighted by molar-refractivity contribution is 6.42. The molecule has 28 heavy (non-hydrogen) atoms. The Hall–Kier alpha value is -2.03. The third kappa shape index (κ3) is 3.52. The average Bonchev–Trinajstić information content (AvgIpc) is 3.24. The summed E-state index contributed by atoms with van der Waals surface area (Å²) in [6, 6.07) is 1.64. The Bertz CT molecular complexity index is 1030. The van der Waals surface area contributed by atoms with Crippen LogP contribution in [0.25, 0.3) is 11.2 Å². The van der Waals surface area contributed by atoms with Crippen LogP contribution < -0.4 is 4.90 Å². The van der Waals surface area contributed by atoms with E-state index in [-0.39, 0.29) is 11.5 Å². The van der Waals surface area contributed by atoms with E-state index in [9.17, 15) is 5.11 Å². The molecule has 0 aliphatic carbocycles. The van der Waals surface area contributed by atoms with Gasteiger partial charge in [0.1, 0.15) is 5.82 Å². The van der Waals surface area contributed by atoms with Crippen LogP contribution in [0.5, 0.6) is 0 Å². The number of hydrogen-bond acceptors (Lipinski definition) is 7. The van der Waals surface area contributed by atoms with Crippen molar-refractivity contribution in [1.82, 2.24) is 29.9 Å². The number of anilines is 1. The second-order valence-electron chi connectivity index (χ2n) is 7.98. The maximum absolute atomic E-state index is 9.96. The Morgan fingerprint density at radius 2 is 2.04 bits per heavy atom. The van der Waals surface area contributed by atoms with Crippen LogP contribution in [0, 0.1) is 0 Å². The van der Waals surface area contributed by atoms with Gasteiger partial charge in [-0.25, -0.2) is 14.6 Å². The minimum atomic E-state index is -0.368. The molecule has 1 saturated heterocycles. The first-order chi connectivity index (χ1) is 13.2. The molecule has 3 aromatic heterocycles. The molecule has 148 valence electrons. The lowest BCUT2D eigenvalue weighted by Crippen LogP contribution is -2.25. The fraction of sp³-hybridized carbons (Fsp3) is 0.500. The van der Waals surface area contributed by atoms with Gasteiger partial charge in [0.25, 0.3) is 0 Å². The molecule has 0 saturated carbocycles. The Morgan fingerprint density at radius 3 is 2.71 bits per heavy atom. The van der Waals surface area contributed by atoms with Crippen LogP contribution in [0.2, 0.25) is 10.0 Å². The number of halogens is 2. The van der Waals surface area contributed by atoms with Crippen LogP contribution in [-0.2, 0) is 12.0 Å². The summed E-state index contributed by atoms with van der Waals surface area (Å²) >= 11 is 12.4. The summed E-state index contributed by atoms with van der Waals surface area (Å²) in [4.78, 5) is 15.9. The molecule has 1 unspecified atom stereocenters.